The second-order valence-corrected chi connectivity index (χ2v) is 7.23. The second-order valence-electron chi connectivity index (χ2n) is 7.23. The largest absolute Gasteiger partial charge is 0.349 e. The van der Waals surface area contributed by atoms with Crippen LogP contribution in [0.1, 0.15) is 42.1 Å². The molecule has 0 spiro atoms. The first-order chi connectivity index (χ1) is 14.0. The van der Waals surface area contributed by atoms with Gasteiger partial charge < -0.3 is 5.32 Å². The quantitative estimate of drug-likeness (QED) is 0.691. The molecule has 3 aromatic rings. The predicted molar refractivity (Wildman–Crippen MR) is 102 cm³/mol. The van der Waals surface area contributed by atoms with Gasteiger partial charge in [0.05, 0.1) is 17.9 Å². The van der Waals surface area contributed by atoms with E-state index in [9.17, 15) is 18.0 Å². The van der Waals surface area contributed by atoms with E-state index in [-0.39, 0.29) is 24.2 Å². The molecule has 1 atom stereocenters. The number of halogens is 3. The number of rotatable bonds is 5. The Morgan fingerprint density at radius 2 is 1.90 bits per heavy atom. The van der Waals surface area contributed by atoms with Gasteiger partial charge in [-0.1, -0.05) is 12.1 Å². The molecule has 0 aliphatic heterocycles. The molecule has 1 aromatic heterocycles. The van der Waals surface area contributed by atoms with Gasteiger partial charge >= 0.3 is 0 Å². The summed E-state index contributed by atoms with van der Waals surface area (Å²) in [6.45, 7) is 0. The molecule has 0 unspecified atom stereocenters. The third-order valence-corrected chi connectivity index (χ3v) is 5.14. The molecule has 1 aliphatic rings. The highest BCUT2D eigenvalue weighted by Gasteiger charge is 2.26. The fourth-order valence-corrected chi connectivity index (χ4v) is 3.81. The van der Waals surface area contributed by atoms with Gasteiger partial charge in [0.1, 0.15) is 17.5 Å². The Labute approximate surface area is 166 Å². The lowest BCUT2D eigenvalue weighted by molar-refractivity contribution is -0.121. The molecule has 0 saturated carbocycles. The van der Waals surface area contributed by atoms with Crippen LogP contribution in [0.4, 0.5) is 13.2 Å². The zero-order valence-corrected chi connectivity index (χ0v) is 15.7. The third kappa shape index (κ3) is 4.34. The van der Waals surface area contributed by atoms with Crippen LogP contribution in [0.15, 0.2) is 48.7 Å². The minimum Gasteiger partial charge on any atom is -0.349 e. The number of amides is 1. The van der Waals surface area contributed by atoms with Crippen LogP contribution in [-0.2, 0) is 17.6 Å². The summed E-state index contributed by atoms with van der Waals surface area (Å²) in [6, 6.07) is 9.29. The van der Waals surface area contributed by atoms with E-state index in [4.69, 9.17) is 0 Å². The van der Waals surface area contributed by atoms with Crippen LogP contribution in [-0.4, -0.2) is 15.7 Å². The Hall–Kier alpha value is -3.09. The number of hydrogen-bond acceptors (Lipinski definition) is 2. The molecule has 4 rings (SSSR count). The summed E-state index contributed by atoms with van der Waals surface area (Å²) in [4.78, 5) is 12.4. The number of aromatic nitrogens is 2. The number of carbonyl (C=O) groups excluding carboxylic acids is 1. The number of fused-ring (bicyclic) bond motifs is 1. The Balaban J connectivity index is 1.47. The van der Waals surface area contributed by atoms with E-state index >= 15 is 0 Å². The lowest BCUT2D eigenvalue weighted by Crippen LogP contribution is -2.31. The van der Waals surface area contributed by atoms with E-state index in [1.807, 2.05) is 0 Å². The zero-order valence-electron chi connectivity index (χ0n) is 15.7. The summed E-state index contributed by atoms with van der Waals surface area (Å²) >= 11 is 0. The molecule has 150 valence electrons. The highest BCUT2D eigenvalue weighted by atomic mass is 19.1. The minimum absolute atomic E-state index is 0.128. The van der Waals surface area contributed by atoms with E-state index in [0.29, 0.717) is 18.5 Å². The summed E-state index contributed by atoms with van der Waals surface area (Å²) < 4.78 is 42.0. The highest BCUT2D eigenvalue weighted by molar-refractivity contribution is 5.76. The van der Waals surface area contributed by atoms with Gasteiger partial charge in [0.15, 0.2) is 0 Å². The highest BCUT2D eigenvalue weighted by Crippen LogP contribution is 2.31. The Kier molecular flexibility index (Phi) is 5.38. The Morgan fingerprint density at radius 1 is 1.10 bits per heavy atom. The van der Waals surface area contributed by atoms with Crippen molar-refractivity contribution in [2.24, 2.45) is 0 Å². The third-order valence-electron chi connectivity index (χ3n) is 5.14. The fourth-order valence-electron chi connectivity index (χ4n) is 3.81. The normalized spacial score (nSPS) is 15.8. The van der Waals surface area contributed by atoms with Crippen molar-refractivity contribution < 1.29 is 18.0 Å². The first-order valence-electron chi connectivity index (χ1n) is 9.56. The molecule has 4 nitrogen and oxygen atoms in total. The maximum Gasteiger partial charge on any atom is 0.220 e. The van der Waals surface area contributed by atoms with Gasteiger partial charge in [0.2, 0.25) is 5.91 Å². The summed E-state index contributed by atoms with van der Waals surface area (Å²) in [5.41, 5.74) is 2.80. The SMILES string of the molecule is O=C(CCc1cccc(F)c1)N[C@@H]1CCCc2c1cnn2-c1cc(F)cc(F)c1. The molecule has 1 aliphatic carbocycles. The maximum atomic E-state index is 13.6. The van der Waals surface area contributed by atoms with Crippen molar-refractivity contribution in [2.45, 2.75) is 38.1 Å². The molecule has 0 bridgehead atoms. The average molecular weight is 399 g/mol. The van der Waals surface area contributed by atoms with E-state index < -0.39 is 11.6 Å². The Bertz CT molecular complexity index is 1030. The van der Waals surface area contributed by atoms with Crippen molar-refractivity contribution in [1.29, 1.82) is 0 Å². The molecule has 1 N–H and O–H groups in total. The predicted octanol–water partition coefficient (Wildman–Crippen LogP) is 4.42. The standard InChI is InChI=1S/C22H20F3N3O/c23-15-4-1-3-14(9-15)7-8-22(29)27-20-5-2-6-21-19(20)13-26-28(21)18-11-16(24)10-17(25)12-18/h1,3-4,9-13,20H,2,5-8H2,(H,27,29)/t20-/m1/s1. The monoisotopic (exact) mass is 399 g/mol. The molecular formula is C22H20F3N3O. The van der Waals surface area contributed by atoms with Gasteiger partial charge in [-0.15, -0.1) is 0 Å². The minimum atomic E-state index is -0.665. The molecule has 0 saturated heterocycles. The summed E-state index contributed by atoms with van der Waals surface area (Å²) in [7, 11) is 0. The van der Waals surface area contributed by atoms with Crippen LogP contribution in [0.3, 0.4) is 0 Å². The molecule has 0 fully saturated rings. The van der Waals surface area contributed by atoms with Gasteiger partial charge in [-0.2, -0.15) is 5.10 Å². The fraction of sp³-hybridized carbons (Fsp3) is 0.273. The molecule has 0 radical (unpaired) electrons. The van der Waals surface area contributed by atoms with Crippen LogP contribution in [0, 0.1) is 17.5 Å². The van der Waals surface area contributed by atoms with Crippen LogP contribution < -0.4 is 5.32 Å². The molecule has 2 aromatic carbocycles. The van der Waals surface area contributed by atoms with Crippen molar-refractivity contribution in [1.82, 2.24) is 15.1 Å². The van der Waals surface area contributed by atoms with Crippen LogP contribution in [0.2, 0.25) is 0 Å². The first kappa shape index (κ1) is 19.2. The molecular weight excluding hydrogens is 379 g/mol. The zero-order chi connectivity index (χ0) is 20.4. The summed E-state index contributed by atoms with van der Waals surface area (Å²) in [5, 5.41) is 7.31. The van der Waals surface area contributed by atoms with Gasteiger partial charge in [0.25, 0.3) is 0 Å². The number of nitrogens with one attached hydrogen (secondary N) is 1. The topological polar surface area (TPSA) is 46.9 Å². The van der Waals surface area contributed by atoms with Crippen LogP contribution in [0.25, 0.3) is 5.69 Å². The summed E-state index contributed by atoms with van der Waals surface area (Å²) in [6.07, 6.45) is 4.65. The second kappa shape index (κ2) is 8.11. The number of carbonyl (C=O) groups is 1. The molecule has 1 amide bonds. The van der Waals surface area contributed by atoms with E-state index in [1.54, 1.807) is 18.3 Å². The van der Waals surface area contributed by atoms with Gasteiger partial charge in [0, 0.05) is 23.7 Å². The lowest BCUT2D eigenvalue weighted by atomic mass is 9.92. The first-order valence-corrected chi connectivity index (χ1v) is 9.56. The van der Waals surface area contributed by atoms with E-state index in [1.165, 1.54) is 28.9 Å². The maximum absolute atomic E-state index is 13.6. The van der Waals surface area contributed by atoms with Gasteiger partial charge in [-0.25, -0.2) is 17.9 Å². The molecule has 1 heterocycles. The number of benzene rings is 2. The van der Waals surface area contributed by atoms with Gasteiger partial charge in [-0.05, 0) is 55.5 Å². The van der Waals surface area contributed by atoms with Crippen molar-refractivity contribution in [3.05, 3.63) is 82.9 Å². The summed E-state index contributed by atoms with van der Waals surface area (Å²) in [5.74, 6) is -1.78. The van der Waals surface area contributed by atoms with Crippen molar-refractivity contribution >= 4 is 5.91 Å². The number of aryl methyl sites for hydroxylation is 1. The number of nitrogens with zero attached hydrogens (tertiary/aromatic N) is 2. The van der Waals surface area contributed by atoms with Crippen LogP contribution >= 0.6 is 0 Å². The van der Waals surface area contributed by atoms with E-state index in [0.717, 1.165) is 35.7 Å². The number of hydrogen-bond donors (Lipinski definition) is 1. The molecule has 29 heavy (non-hydrogen) atoms. The smallest absolute Gasteiger partial charge is 0.220 e. The van der Waals surface area contributed by atoms with Crippen molar-refractivity contribution in [3.63, 3.8) is 0 Å². The molecule has 7 heteroatoms. The van der Waals surface area contributed by atoms with Crippen molar-refractivity contribution in [3.8, 4) is 5.69 Å². The lowest BCUT2D eigenvalue weighted by Gasteiger charge is -2.24. The Morgan fingerprint density at radius 3 is 2.66 bits per heavy atom. The van der Waals surface area contributed by atoms with E-state index in [2.05, 4.69) is 10.4 Å². The average Bonchev–Trinajstić information content (AvgIpc) is 3.11. The van der Waals surface area contributed by atoms with Crippen LogP contribution in [0.5, 0.6) is 0 Å². The van der Waals surface area contributed by atoms with Crippen molar-refractivity contribution in [2.75, 3.05) is 0 Å². The van der Waals surface area contributed by atoms with Gasteiger partial charge in [-0.3, -0.25) is 4.79 Å².